The molecule has 0 atom stereocenters. The van der Waals surface area contributed by atoms with E-state index in [1.807, 2.05) is 31.2 Å². The van der Waals surface area contributed by atoms with Crippen LogP contribution in [0.25, 0.3) is 0 Å². The van der Waals surface area contributed by atoms with Crippen molar-refractivity contribution < 1.29 is 4.42 Å². The fourth-order valence-corrected chi connectivity index (χ4v) is 3.23. The van der Waals surface area contributed by atoms with Crippen molar-refractivity contribution in [3.8, 4) is 0 Å². The molecule has 0 bridgehead atoms. The number of nitrogens with zero attached hydrogens (tertiary/aromatic N) is 1. The van der Waals surface area contributed by atoms with Crippen LogP contribution in [0.5, 0.6) is 0 Å². The first-order chi connectivity index (χ1) is 10.2. The van der Waals surface area contributed by atoms with Crippen LogP contribution in [-0.2, 0) is 5.54 Å². The van der Waals surface area contributed by atoms with E-state index in [0.29, 0.717) is 5.11 Å². The average molecular weight is 301 g/mol. The molecule has 21 heavy (non-hydrogen) atoms. The van der Waals surface area contributed by atoms with Gasteiger partial charge in [-0.05, 0) is 61.8 Å². The van der Waals surface area contributed by atoms with Crippen molar-refractivity contribution in [2.75, 3.05) is 5.32 Å². The Balaban J connectivity index is 1.73. The van der Waals surface area contributed by atoms with Gasteiger partial charge in [-0.3, -0.25) is 0 Å². The Morgan fingerprint density at radius 2 is 2.14 bits per heavy atom. The van der Waals surface area contributed by atoms with E-state index in [9.17, 15) is 0 Å². The van der Waals surface area contributed by atoms with Crippen LogP contribution in [0.2, 0.25) is 0 Å². The van der Waals surface area contributed by atoms with Crippen molar-refractivity contribution in [2.45, 2.75) is 38.1 Å². The summed E-state index contributed by atoms with van der Waals surface area (Å²) in [7, 11) is 0. The summed E-state index contributed by atoms with van der Waals surface area (Å²) in [5.41, 5.74) is 0.967. The minimum Gasteiger partial charge on any atom is -0.467 e. The molecule has 110 valence electrons. The first-order valence-corrected chi connectivity index (χ1v) is 7.65. The van der Waals surface area contributed by atoms with Gasteiger partial charge in [-0.1, -0.05) is 12.8 Å². The molecule has 0 spiro atoms. The van der Waals surface area contributed by atoms with Crippen LogP contribution in [0.15, 0.2) is 41.1 Å². The molecule has 0 radical (unpaired) electrons. The third kappa shape index (κ3) is 3.08. The SMILES string of the molecule is Cc1ccnc(NC(=S)NC2(c3ccco3)CCCC2)c1. The summed E-state index contributed by atoms with van der Waals surface area (Å²) in [6.07, 6.45) is 7.92. The second kappa shape index (κ2) is 5.85. The Morgan fingerprint density at radius 3 is 2.81 bits per heavy atom. The highest BCUT2D eigenvalue weighted by atomic mass is 32.1. The largest absolute Gasteiger partial charge is 0.467 e. The fourth-order valence-electron chi connectivity index (χ4n) is 2.93. The van der Waals surface area contributed by atoms with Crippen LogP contribution in [0.3, 0.4) is 0 Å². The number of aryl methyl sites for hydroxylation is 1. The van der Waals surface area contributed by atoms with Crippen LogP contribution in [0, 0.1) is 6.92 Å². The lowest BCUT2D eigenvalue weighted by molar-refractivity contribution is 0.317. The van der Waals surface area contributed by atoms with E-state index >= 15 is 0 Å². The number of thiocarbonyl (C=S) groups is 1. The maximum absolute atomic E-state index is 5.63. The third-order valence-corrected chi connectivity index (χ3v) is 4.16. The molecular formula is C16H19N3OS. The van der Waals surface area contributed by atoms with Crippen LogP contribution in [0.1, 0.15) is 37.0 Å². The molecule has 0 unspecified atom stereocenters. The van der Waals surface area contributed by atoms with Crippen molar-refractivity contribution in [1.82, 2.24) is 10.3 Å². The number of rotatable bonds is 3. The molecule has 3 rings (SSSR count). The summed E-state index contributed by atoms with van der Waals surface area (Å²) in [5.74, 6) is 1.72. The molecule has 2 aromatic heterocycles. The van der Waals surface area contributed by atoms with Gasteiger partial charge in [-0.2, -0.15) is 0 Å². The summed E-state index contributed by atoms with van der Waals surface area (Å²) in [6.45, 7) is 2.03. The second-order valence-electron chi connectivity index (χ2n) is 5.56. The van der Waals surface area contributed by atoms with Crippen molar-refractivity contribution in [2.24, 2.45) is 0 Å². The Morgan fingerprint density at radius 1 is 1.33 bits per heavy atom. The molecule has 0 aliphatic heterocycles. The Labute approximate surface area is 130 Å². The zero-order chi connectivity index (χ0) is 14.7. The minimum atomic E-state index is -0.183. The minimum absolute atomic E-state index is 0.183. The number of nitrogens with one attached hydrogen (secondary N) is 2. The Hall–Kier alpha value is -1.88. The molecule has 2 N–H and O–H groups in total. The molecule has 1 aliphatic rings. The molecule has 0 aromatic carbocycles. The quantitative estimate of drug-likeness (QED) is 0.846. The normalized spacial score (nSPS) is 16.6. The lowest BCUT2D eigenvalue weighted by Gasteiger charge is -2.29. The summed E-state index contributed by atoms with van der Waals surface area (Å²) in [6, 6.07) is 7.88. The summed E-state index contributed by atoms with van der Waals surface area (Å²) < 4.78 is 5.63. The smallest absolute Gasteiger partial charge is 0.172 e. The summed E-state index contributed by atoms with van der Waals surface area (Å²) in [5, 5.41) is 7.20. The van der Waals surface area contributed by atoms with Gasteiger partial charge in [-0.25, -0.2) is 4.98 Å². The predicted molar refractivity (Wildman–Crippen MR) is 87.2 cm³/mol. The Kier molecular flexibility index (Phi) is 3.92. The lowest BCUT2D eigenvalue weighted by Crippen LogP contribution is -2.45. The monoisotopic (exact) mass is 301 g/mol. The van der Waals surface area contributed by atoms with Gasteiger partial charge < -0.3 is 15.1 Å². The van der Waals surface area contributed by atoms with Crippen molar-refractivity contribution in [1.29, 1.82) is 0 Å². The number of aromatic nitrogens is 1. The zero-order valence-corrected chi connectivity index (χ0v) is 12.9. The van der Waals surface area contributed by atoms with Gasteiger partial charge in [0.15, 0.2) is 5.11 Å². The standard InChI is InChI=1S/C16H19N3OS/c1-12-6-9-17-14(11-12)18-15(21)19-16(7-2-3-8-16)13-5-4-10-20-13/h4-6,9-11H,2-3,7-8H2,1H3,(H2,17,18,19,21). The lowest BCUT2D eigenvalue weighted by atomic mass is 9.94. The van der Waals surface area contributed by atoms with E-state index in [1.165, 1.54) is 12.8 Å². The van der Waals surface area contributed by atoms with E-state index in [-0.39, 0.29) is 5.54 Å². The highest BCUT2D eigenvalue weighted by Gasteiger charge is 2.38. The maximum Gasteiger partial charge on any atom is 0.172 e. The molecule has 5 heteroatoms. The van der Waals surface area contributed by atoms with Crippen LogP contribution >= 0.6 is 12.2 Å². The van der Waals surface area contributed by atoms with Gasteiger partial charge in [0.25, 0.3) is 0 Å². The van der Waals surface area contributed by atoms with Gasteiger partial charge in [0.05, 0.1) is 11.8 Å². The maximum atomic E-state index is 5.63. The van der Waals surface area contributed by atoms with E-state index in [0.717, 1.165) is 30.0 Å². The van der Waals surface area contributed by atoms with Crippen molar-refractivity contribution >= 4 is 23.1 Å². The molecule has 0 saturated heterocycles. The molecule has 1 aliphatic carbocycles. The molecule has 1 saturated carbocycles. The third-order valence-electron chi connectivity index (χ3n) is 3.96. The molecule has 1 fully saturated rings. The van der Waals surface area contributed by atoms with Crippen LogP contribution in [-0.4, -0.2) is 10.1 Å². The molecule has 4 nitrogen and oxygen atoms in total. The van der Waals surface area contributed by atoms with E-state index in [2.05, 4.69) is 15.6 Å². The van der Waals surface area contributed by atoms with Crippen molar-refractivity contribution in [3.05, 3.63) is 48.0 Å². The van der Waals surface area contributed by atoms with Crippen molar-refractivity contribution in [3.63, 3.8) is 0 Å². The fraction of sp³-hybridized carbons (Fsp3) is 0.375. The zero-order valence-electron chi connectivity index (χ0n) is 12.1. The van der Waals surface area contributed by atoms with Gasteiger partial charge >= 0.3 is 0 Å². The number of hydrogen-bond acceptors (Lipinski definition) is 3. The molecule has 2 heterocycles. The number of pyridine rings is 1. The Bertz CT molecular complexity index is 618. The van der Waals surface area contributed by atoms with Gasteiger partial charge in [0, 0.05) is 6.20 Å². The van der Waals surface area contributed by atoms with E-state index in [1.54, 1.807) is 12.5 Å². The number of anilines is 1. The highest BCUT2D eigenvalue weighted by Crippen LogP contribution is 2.38. The molecular weight excluding hydrogens is 282 g/mol. The topological polar surface area (TPSA) is 50.1 Å². The molecule has 0 amide bonds. The van der Waals surface area contributed by atoms with E-state index in [4.69, 9.17) is 16.6 Å². The number of hydrogen-bond donors (Lipinski definition) is 2. The average Bonchev–Trinajstić information content (AvgIpc) is 3.09. The van der Waals surface area contributed by atoms with Gasteiger partial charge in [0.1, 0.15) is 11.6 Å². The van der Waals surface area contributed by atoms with Gasteiger partial charge in [-0.15, -0.1) is 0 Å². The molecule has 2 aromatic rings. The summed E-state index contributed by atoms with van der Waals surface area (Å²) >= 11 is 5.46. The highest BCUT2D eigenvalue weighted by molar-refractivity contribution is 7.80. The van der Waals surface area contributed by atoms with E-state index < -0.39 is 0 Å². The van der Waals surface area contributed by atoms with Crippen LogP contribution in [0.4, 0.5) is 5.82 Å². The van der Waals surface area contributed by atoms with Gasteiger partial charge in [0.2, 0.25) is 0 Å². The van der Waals surface area contributed by atoms with Crippen LogP contribution < -0.4 is 10.6 Å². The predicted octanol–water partition coefficient (Wildman–Crippen LogP) is 3.74. The first-order valence-electron chi connectivity index (χ1n) is 7.24. The second-order valence-corrected chi connectivity index (χ2v) is 5.97. The first kappa shape index (κ1) is 14.1. The number of furan rings is 1. The summed E-state index contributed by atoms with van der Waals surface area (Å²) in [4.78, 5) is 4.28.